The zero-order valence-electron chi connectivity index (χ0n) is 6.55. The monoisotopic (exact) mass is 153 g/mol. The summed E-state index contributed by atoms with van der Waals surface area (Å²) >= 11 is 0. The van der Waals surface area contributed by atoms with Crippen molar-refractivity contribution in [1.29, 1.82) is 0 Å². The molecular weight excluding hydrogens is 141 g/mol. The van der Waals surface area contributed by atoms with E-state index in [1.54, 1.807) is 5.54 Å². The molecule has 0 saturated carbocycles. The van der Waals surface area contributed by atoms with Crippen LogP contribution in [-0.2, 0) is 0 Å². The molecule has 1 aromatic rings. The van der Waals surface area contributed by atoms with Crippen molar-refractivity contribution >= 4 is 0 Å². The maximum atomic E-state index is 11.7. The van der Waals surface area contributed by atoms with E-state index in [2.05, 4.69) is 0 Å². The molecule has 0 aliphatic carbocycles. The van der Waals surface area contributed by atoms with Crippen LogP contribution in [0.2, 0.25) is 0 Å². The normalized spacial score (nSPS) is 12.9. The van der Waals surface area contributed by atoms with Crippen molar-refractivity contribution in [3.05, 3.63) is 35.9 Å². The van der Waals surface area contributed by atoms with Crippen molar-refractivity contribution in [3.8, 4) is 0 Å². The van der Waals surface area contributed by atoms with Crippen LogP contribution >= 0.6 is 0 Å². The highest BCUT2D eigenvalue weighted by Gasteiger charge is 2.02. The van der Waals surface area contributed by atoms with Crippen molar-refractivity contribution in [1.82, 2.24) is 5.54 Å². The van der Waals surface area contributed by atoms with Crippen molar-refractivity contribution in [2.75, 3.05) is 6.54 Å². The van der Waals surface area contributed by atoms with Crippen LogP contribution in [0, 0.1) is 0 Å². The summed E-state index contributed by atoms with van der Waals surface area (Å²) in [7, 11) is 0. The van der Waals surface area contributed by atoms with Crippen LogP contribution in [0.1, 0.15) is 18.4 Å². The van der Waals surface area contributed by atoms with E-state index in [9.17, 15) is 4.48 Å². The maximum absolute atomic E-state index is 11.7. The highest BCUT2D eigenvalue weighted by atomic mass is 19.2. The number of hydrogen-bond acceptors (Lipinski definition) is 1. The first-order valence-corrected chi connectivity index (χ1v) is 3.73. The maximum Gasteiger partial charge on any atom is 0.0325 e. The molecule has 1 N–H and O–H groups in total. The van der Waals surface area contributed by atoms with Gasteiger partial charge in [-0.25, -0.2) is 0 Å². The van der Waals surface area contributed by atoms with Crippen LogP contribution in [0.15, 0.2) is 30.3 Å². The molecule has 0 fully saturated rings. The van der Waals surface area contributed by atoms with Gasteiger partial charge in [0.1, 0.15) is 0 Å². The minimum absolute atomic E-state index is 0.237. The van der Waals surface area contributed by atoms with Crippen molar-refractivity contribution in [2.45, 2.75) is 12.8 Å². The Labute approximate surface area is 66.2 Å². The number of halogens is 1. The minimum Gasteiger partial charge on any atom is -0.159 e. The van der Waals surface area contributed by atoms with Crippen LogP contribution in [-0.4, -0.2) is 6.54 Å². The lowest BCUT2D eigenvalue weighted by Gasteiger charge is -2.08. The SMILES string of the molecule is CC(CNF)c1ccccc1. The summed E-state index contributed by atoms with van der Waals surface area (Å²) in [5.41, 5.74) is 2.83. The number of benzene rings is 1. The molecule has 1 unspecified atom stereocenters. The lowest BCUT2D eigenvalue weighted by atomic mass is 10.0. The van der Waals surface area contributed by atoms with E-state index in [1.807, 2.05) is 37.3 Å². The molecular formula is C9H12FN. The molecule has 0 amide bonds. The highest BCUT2D eigenvalue weighted by Crippen LogP contribution is 2.12. The Morgan fingerprint density at radius 1 is 1.36 bits per heavy atom. The van der Waals surface area contributed by atoms with E-state index in [4.69, 9.17) is 0 Å². The van der Waals surface area contributed by atoms with Gasteiger partial charge in [-0.05, 0) is 11.5 Å². The van der Waals surface area contributed by atoms with Crippen LogP contribution < -0.4 is 5.54 Å². The predicted molar refractivity (Wildman–Crippen MR) is 44.0 cm³/mol. The number of rotatable bonds is 3. The molecule has 0 aromatic heterocycles. The van der Waals surface area contributed by atoms with E-state index in [1.165, 1.54) is 0 Å². The number of hydrogen-bond donors (Lipinski definition) is 1. The summed E-state index contributed by atoms with van der Waals surface area (Å²) in [6, 6.07) is 9.89. The summed E-state index contributed by atoms with van der Waals surface area (Å²) < 4.78 is 11.7. The third kappa shape index (κ3) is 2.31. The van der Waals surface area contributed by atoms with Gasteiger partial charge in [-0.3, -0.25) is 0 Å². The third-order valence-electron chi connectivity index (χ3n) is 1.75. The fourth-order valence-electron chi connectivity index (χ4n) is 1.02. The Balaban J connectivity index is 2.61. The lowest BCUT2D eigenvalue weighted by molar-refractivity contribution is 0.323. The summed E-state index contributed by atoms with van der Waals surface area (Å²) in [4.78, 5) is 0. The first-order valence-electron chi connectivity index (χ1n) is 3.73. The third-order valence-corrected chi connectivity index (χ3v) is 1.75. The van der Waals surface area contributed by atoms with Gasteiger partial charge in [0.05, 0.1) is 0 Å². The van der Waals surface area contributed by atoms with Crippen LogP contribution in [0.5, 0.6) is 0 Å². The molecule has 0 bridgehead atoms. The molecule has 1 rings (SSSR count). The van der Waals surface area contributed by atoms with Gasteiger partial charge < -0.3 is 0 Å². The first kappa shape index (κ1) is 8.21. The Morgan fingerprint density at radius 2 is 2.00 bits per heavy atom. The average Bonchev–Trinajstić information content (AvgIpc) is 2.07. The van der Waals surface area contributed by atoms with Gasteiger partial charge in [0, 0.05) is 6.54 Å². The standard InChI is InChI=1S/C9H12FN/c1-8(7-11-10)9-5-3-2-4-6-9/h2-6,8,11H,7H2,1H3. The van der Waals surface area contributed by atoms with Crippen LogP contribution in [0.25, 0.3) is 0 Å². The van der Waals surface area contributed by atoms with Gasteiger partial charge in [-0.1, -0.05) is 37.3 Å². The van der Waals surface area contributed by atoms with Gasteiger partial charge in [-0.15, -0.1) is 4.48 Å². The molecule has 1 atom stereocenters. The summed E-state index contributed by atoms with van der Waals surface area (Å²) in [5.74, 6) is 0.237. The summed E-state index contributed by atoms with van der Waals surface area (Å²) in [5, 5.41) is 0. The second-order valence-electron chi connectivity index (χ2n) is 2.65. The molecule has 0 spiro atoms. The molecule has 2 heteroatoms. The molecule has 0 aliphatic rings. The largest absolute Gasteiger partial charge is 0.159 e. The molecule has 0 aliphatic heterocycles. The fourth-order valence-corrected chi connectivity index (χ4v) is 1.02. The summed E-state index contributed by atoms with van der Waals surface area (Å²) in [6.45, 7) is 2.37. The number of nitrogens with one attached hydrogen (secondary N) is 1. The van der Waals surface area contributed by atoms with Gasteiger partial charge in [0.2, 0.25) is 0 Å². The Kier molecular flexibility index (Phi) is 3.05. The zero-order chi connectivity index (χ0) is 8.10. The Morgan fingerprint density at radius 3 is 2.55 bits per heavy atom. The van der Waals surface area contributed by atoms with Gasteiger partial charge >= 0.3 is 0 Å². The fraction of sp³-hybridized carbons (Fsp3) is 0.333. The smallest absolute Gasteiger partial charge is 0.0325 e. The molecule has 60 valence electrons. The van der Waals surface area contributed by atoms with Gasteiger partial charge in [0.25, 0.3) is 0 Å². The predicted octanol–water partition coefficient (Wildman–Crippen LogP) is 2.26. The van der Waals surface area contributed by atoms with Crippen molar-refractivity contribution < 1.29 is 4.48 Å². The zero-order valence-corrected chi connectivity index (χ0v) is 6.55. The van der Waals surface area contributed by atoms with Crippen LogP contribution in [0.3, 0.4) is 0 Å². The molecule has 0 heterocycles. The van der Waals surface area contributed by atoms with Crippen LogP contribution in [0.4, 0.5) is 4.48 Å². The van der Waals surface area contributed by atoms with E-state index in [-0.39, 0.29) is 5.92 Å². The topological polar surface area (TPSA) is 12.0 Å². The molecule has 1 aromatic carbocycles. The van der Waals surface area contributed by atoms with E-state index < -0.39 is 0 Å². The van der Waals surface area contributed by atoms with Crippen molar-refractivity contribution in [2.24, 2.45) is 0 Å². The molecule has 0 radical (unpaired) electrons. The van der Waals surface area contributed by atoms with Gasteiger partial charge in [0.15, 0.2) is 0 Å². The van der Waals surface area contributed by atoms with E-state index >= 15 is 0 Å². The molecule has 1 nitrogen and oxygen atoms in total. The minimum atomic E-state index is 0.237. The Hall–Kier alpha value is -0.890. The molecule has 11 heavy (non-hydrogen) atoms. The van der Waals surface area contributed by atoms with Gasteiger partial charge in [-0.2, -0.15) is 5.54 Å². The van der Waals surface area contributed by atoms with E-state index in [0.29, 0.717) is 6.54 Å². The summed E-state index contributed by atoms with van der Waals surface area (Å²) in [6.07, 6.45) is 0. The van der Waals surface area contributed by atoms with Crippen molar-refractivity contribution in [3.63, 3.8) is 0 Å². The lowest BCUT2D eigenvalue weighted by Crippen LogP contribution is -2.10. The van der Waals surface area contributed by atoms with E-state index in [0.717, 1.165) is 5.56 Å². The second kappa shape index (κ2) is 4.09. The molecule has 0 saturated heterocycles. The highest BCUT2D eigenvalue weighted by molar-refractivity contribution is 5.18. The first-order chi connectivity index (χ1) is 5.34. The Bertz CT molecular complexity index is 198. The average molecular weight is 153 g/mol. The quantitative estimate of drug-likeness (QED) is 0.657. The second-order valence-corrected chi connectivity index (χ2v) is 2.65.